The molecular weight excluding hydrogens is 417 g/mol. The molecule has 0 radical (unpaired) electrons. The van der Waals surface area contributed by atoms with Crippen LogP contribution in [-0.4, -0.2) is 57.9 Å². The molecule has 2 N–H and O–H groups in total. The number of hydrogen-bond donors (Lipinski definition) is 1. The monoisotopic (exact) mass is 447 g/mol. The van der Waals surface area contributed by atoms with Crippen LogP contribution >= 0.6 is 0 Å². The van der Waals surface area contributed by atoms with Gasteiger partial charge in [0.15, 0.2) is 0 Å². The first-order valence-electron chi connectivity index (χ1n) is 11.4. The molecule has 3 heterocycles. The number of aryl methyl sites for hydroxylation is 1. The summed E-state index contributed by atoms with van der Waals surface area (Å²) in [5.41, 5.74) is 10.1. The number of nitrogens with two attached hydrogens (primary N) is 1. The Morgan fingerprint density at radius 2 is 1.79 bits per heavy atom. The summed E-state index contributed by atoms with van der Waals surface area (Å²) >= 11 is 0. The van der Waals surface area contributed by atoms with Crippen LogP contribution in [0.4, 0.5) is 10.2 Å². The zero-order valence-corrected chi connectivity index (χ0v) is 19.4. The van der Waals surface area contributed by atoms with E-state index in [4.69, 9.17) is 5.73 Å². The van der Waals surface area contributed by atoms with Crippen LogP contribution in [0.3, 0.4) is 0 Å². The van der Waals surface area contributed by atoms with Crippen molar-refractivity contribution >= 4 is 11.7 Å². The molecule has 0 atom stereocenters. The van der Waals surface area contributed by atoms with E-state index in [-0.39, 0.29) is 11.5 Å². The van der Waals surface area contributed by atoms with Gasteiger partial charge in [-0.2, -0.15) is 0 Å². The van der Waals surface area contributed by atoms with Crippen LogP contribution in [-0.2, 0) is 6.42 Å². The van der Waals surface area contributed by atoms with Crippen LogP contribution in [0.15, 0.2) is 48.8 Å². The number of piperazine rings is 1. The van der Waals surface area contributed by atoms with Gasteiger partial charge in [0.2, 0.25) is 0 Å². The number of halogens is 1. The highest BCUT2D eigenvalue weighted by Gasteiger charge is 2.25. The fraction of sp³-hybridized carbons (Fsp3) is 0.346. The number of anilines is 1. The summed E-state index contributed by atoms with van der Waals surface area (Å²) in [7, 11) is 0. The molecule has 1 aliphatic heterocycles. The van der Waals surface area contributed by atoms with Gasteiger partial charge in [0.25, 0.3) is 5.91 Å². The Hall–Kier alpha value is -3.32. The van der Waals surface area contributed by atoms with Crippen molar-refractivity contribution in [2.45, 2.75) is 33.2 Å². The SMILES string of the molecule is CCc1nccc(-c2ccc(C(=O)N3CCN(C(C)C)CC3)c(F)c2)c1-c1ccc(N)nc1. The molecule has 1 amide bonds. The Kier molecular flexibility index (Phi) is 6.70. The number of carbonyl (C=O) groups is 1. The minimum absolute atomic E-state index is 0.109. The van der Waals surface area contributed by atoms with E-state index < -0.39 is 5.82 Å². The van der Waals surface area contributed by atoms with Crippen molar-refractivity contribution in [1.82, 2.24) is 19.8 Å². The number of carbonyl (C=O) groups excluding carboxylic acids is 1. The van der Waals surface area contributed by atoms with Gasteiger partial charge in [-0.1, -0.05) is 13.0 Å². The smallest absolute Gasteiger partial charge is 0.256 e. The molecule has 6 nitrogen and oxygen atoms in total. The van der Waals surface area contributed by atoms with Gasteiger partial charge in [-0.15, -0.1) is 0 Å². The number of rotatable bonds is 5. The Labute approximate surface area is 194 Å². The van der Waals surface area contributed by atoms with Gasteiger partial charge in [-0.3, -0.25) is 14.7 Å². The third-order valence-electron chi connectivity index (χ3n) is 6.28. The fourth-order valence-electron chi connectivity index (χ4n) is 4.36. The van der Waals surface area contributed by atoms with Crippen LogP contribution in [0.5, 0.6) is 0 Å². The van der Waals surface area contributed by atoms with E-state index in [0.29, 0.717) is 30.5 Å². The van der Waals surface area contributed by atoms with Crippen molar-refractivity contribution in [3.63, 3.8) is 0 Å². The molecule has 7 heteroatoms. The number of pyridine rings is 2. The molecule has 0 aliphatic carbocycles. The summed E-state index contributed by atoms with van der Waals surface area (Å²) in [5.74, 6) is -0.334. The molecule has 1 aromatic carbocycles. The summed E-state index contributed by atoms with van der Waals surface area (Å²) in [6.07, 6.45) is 4.16. The lowest BCUT2D eigenvalue weighted by atomic mass is 9.93. The standard InChI is InChI=1S/C26H30FN5O/c1-4-23-25(19-6-8-24(28)30-16-19)20(9-10-29-23)18-5-7-21(22(27)15-18)26(33)32-13-11-31(12-14-32)17(2)3/h5-10,15-17H,4,11-14H2,1-3H3,(H2,28,30). The Morgan fingerprint density at radius 1 is 1.06 bits per heavy atom. The van der Waals surface area contributed by atoms with Crippen molar-refractivity contribution in [2.75, 3.05) is 31.9 Å². The van der Waals surface area contributed by atoms with Gasteiger partial charge in [0.1, 0.15) is 11.6 Å². The largest absolute Gasteiger partial charge is 0.384 e. The van der Waals surface area contributed by atoms with Gasteiger partial charge in [-0.25, -0.2) is 9.37 Å². The first kappa shape index (κ1) is 22.9. The first-order chi connectivity index (χ1) is 15.9. The Balaban J connectivity index is 1.65. The molecular formula is C26H30FN5O. The van der Waals surface area contributed by atoms with Gasteiger partial charge in [0.05, 0.1) is 5.56 Å². The van der Waals surface area contributed by atoms with Crippen LogP contribution in [0.1, 0.15) is 36.8 Å². The number of benzene rings is 1. The van der Waals surface area contributed by atoms with Gasteiger partial charge < -0.3 is 10.6 Å². The minimum atomic E-state index is -0.514. The van der Waals surface area contributed by atoms with E-state index in [1.807, 2.05) is 25.1 Å². The molecule has 0 saturated carbocycles. The quantitative estimate of drug-likeness (QED) is 0.633. The Morgan fingerprint density at radius 3 is 2.39 bits per heavy atom. The lowest BCUT2D eigenvalue weighted by Gasteiger charge is -2.37. The summed E-state index contributed by atoms with van der Waals surface area (Å²) in [6, 6.07) is 10.8. The predicted molar refractivity (Wildman–Crippen MR) is 129 cm³/mol. The summed E-state index contributed by atoms with van der Waals surface area (Å²) < 4.78 is 15.2. The average molecular weight is 448 g/mol. The number of hydrogen-bond acceptors (Lipinski definition) is 5. The second-order valence-electron chi connectivity index (χ2n) is 8.62. The Bertz CT molecular complexity index is 1140. The van der Waals surface area contributed by atoms with Crippen molar-refractivity contribution in [1.29, 1.82) is 0 Å². The third-order valence-corrected chi connectivity index (χ3v) is 6.28. The van der Waals surface area contributed by atoms with Crippen molar-refractivity contribution in [3.8, 4) is 22.3 Å². The van der Waals surface area contributed by atoms with Crippen LogP contribution in [0.25, 0.3) is 22.3 Å². The van der Waals surface area contributed by atoms with E-state index in [1.165, 1.54) is 6.07 Å². The molecule has 0 unspecified atom stereocenters. The normalized spacial score (nSPS) is 14.6. The number of aromatic nitrogens is 2. The maximum absolute atomic E-state index is 15.2. The van der Waals surface area contributed by atoms with E-state index in [2.05, 4.69) is 28.7 Å². The minimum Gasteiger partial charge on any atom is -0.384 e. The molecule has 0 spiro atoms. The van der Waals surface area contributed by atoms with E-state index in [9.17, 15) is 4.79 Å². The molecule has 3 aromatic rings. The van der Waals surface area contributed by atoms with Crippen LogP contribution < -0.4 is 5.73 Å². The summed E-state index contributed by atoms with van der Waals surface area (Å²) in [6.45, 7) is 9.15. The van der Waals surface area contributed by atoms with Gasteiger partial charge >= 0.3 is 0 Å². The van der Waals surface area contributed by atoms with Crippen molar-refractivity contribution < 1.29 is 9.18 Å². The fourth-order valence-corrected chi connectivity index (χ4v) is 4.36. The molecule has 1 aliphatic rings. The number of nitrogen functional groups attached to an aromatic ring is 1. The summed E-state index contributed by atoms with van der Waals surface area (Å²) in [5, 5.41) is 0. The second-order valence-corrected chi connectivity index (χ2v) is 8.62. The van der Waals surface area contributed by atoms with Gasteiger partial charge in [-0.05, 0) is 61.7 Å². The molecule has 172 valence electrons. The third kappa shape index (κ3) is 4.73. The molecule has 1 fully saturated rings. The molecule has 2 aromatic heterocycles. The lowest BCUT2D eigenvalue weighted by Crippen LogP contribution is -2.50. The maximum atomic E-state index is 15.2. The van der Waals surface area contributed by atoms with E-state index in [1.54, 1.807) is 29.4 Å². The average Bonchev–Trinajstić information content (AvgIpc) is 2.83. The zero-order chi connectivity index (χ0) is 23.5. The maximum Gasteiger partial charge on any atom is 0.256 e. The van der Waals surface area contributed by atoms with E-state index in [0.717, 1.165) is 41.9 Å². The second kappa shape index (κ2) is 9.67. The lowest BCUT2D eigenvalue weighted by molar-refractivity contribution is 0.0591. The van der Waals surface area contributed by atoms with E-state index >= 15 is 4.39 Å². The highest BCUT2D eigenvalue weighted by Crippen LogP contribution is 2.35. The highest BCUT2D eigenvalue weighted by atomic mass is 19.1. The van der Waals surface area contributed by atoms with Crippen molar-refractivity contribution in [2.24, 2.45) is 0 Å². The zero-order valence-electron chi connectivity index (χ0n) is 19.4. The predicted octanol–water partition coefficient (Wildman–Crippen LogP) is 4.26. The van der Waals surface area contributed by atoms with Crippen LogP contribution in [0.2, 0.25) is 0 Å². The highest BCUT2D eigenvalue weighted by molar-refractivity contribution is 5.95. The number of nitrogens with zero attached hydrogens (tertiary/aromatic N) is 4. The molecule has 4 rings (SSSR count). The first-order valence-corrected chi connectivity index (χ1v) is 11.4. The number of amides is 1. The van der Waals surface area contributed by atoms with Crippen molar-refractivity contribution in [3.05, 3.63) is 65.9 Å². The topological polar surface area (TPSA) is 75.4 Å². The van der Waals surface area contributed by atoms with Gasteiger partial charge in [0, 0.05) is 61.4 Å². The van der Waals surface area contributed by atoms with Crippen LogP contribution in [0, 0.1) is 5.82 Å². The molecule has 1 saturated heterocycles. The molecule has 33 heavy (non-hydrogen) atoms. The summed E-state index contributed by atoms with van der Waals surface area (Å²) in [4.78, 5) is 25.8. The molecule has 0 bridgehead atoms.